The van der Waals surface area contributed by atoms with Gasteiger partial charge in [0.1, 0.15) is 20.7 Å². The van der Waals surface area contributed by atoms with Gasteiger partial charge >= 0.3 is 0 Å². The Labute approximate surface area is 86.5 Å². The molecule has 4 atom stereocenters. The fourth-order valence-electron chi connectivity index (χ4n) is 2.49. The van der Waals surface area contributed by atoms with Gasteiger partial charge in [-0.05, 0) is 6.42 Å². The number of ether oxygens (including phenoxy) is 3. The summed E-state index contributed by atoms with van der Waals surface area (Å²) in [5.74, 6) is 0.573. The van der Waals surface area contributed by atoms with Crippen molar-refractivity contribution in [2.45, 2.75) is 44.4 Å². The van der Waals surface area contributed by atoms with E-state index >= 15 is 0 Å². The predicted molar refractivity (Wildman–Crippen MR) is 55.9 cm³/mol. The summed E-state index contributed by atoms with van der Waals surface area (Å²) in [6, 6.07) is 0.332. The van der Waals surface area contributed by atoms with Gasteiger partial charge in [0, 0.05) is 11.9 Å². The number of hydrogen-bond acceptors (Lipinski definition) is 3. The molecule has 0 spiro atoms. The lowest BCUT2D eigenvalue weighted by Gasteiger charge is -2.28. The zero-order valence-corrected chi connectivity index (χ0v) is 9.07. The molecule has 80 valence electrons. The Balaban J connectivity index is 1.93. The Hall–Kier alpha value is -0.0551. The molecule has 2 heterocycles. The van der Waals surface area contributed by atoms with Gasteiger partial charge in [-0.15, -0.1) is 0 Å². The third-order valence-electron chi connectivity index (χ3n) is 3.30. The summed E-state index contributed by atoms with van der Waals surface area (Å²) >= 11 is 0. The van der Waals surface area contributed by atoms with E-state index < -0.39 is 0 Å². The van der Waals surface area contributed by atoms with Gasteiger partial charge in [0.15, 0.2) is 0 Å². The van der Waals surface area contributed by atoms with Crippen molar-refractivity contribution in [1.82, 2.24) is 0 Å². The van der Waals surface area contributed by atoms with E-state index in [1.165, 1.54) is 19.3 Å². The second kappa shape index (κ2) is 4.64. The fourth-order valence-corrected chi connectivity index (χ4v) is 2.49. The minimum atomic E-state index is 0.181. The van der Waals surface area contributed by atoms with Crippen LogP contribution in [0, 0.1) is 5.92 Å². The van der Waals surface area contributed by atoms with Crippen LogP contribution < -0.4 is 0 Å². The second-order valence-corrected chi connectivity index (χ2v) is 4.31. The average Bonchev–Trinajstić information content (AvgIpc) is 2.51. The van der Waals surface area contributed by atoms with Gasteiger partial charge in [-0.25, -0.2) is 0 Å². The van der Waals surface area contributed by atoms with Crippen LogP contribution in [-0.2, 0) is 14.2 Å². The van der Waals surface area contributed by atoms with Crippen molar-refractivity contribution in [3.05, 3.63) is 0 Å². The monoisotopic (exact) mass is 198 g/mol. The lowest BCUT2D eigenvalue weighted by Crippen LogP contribution is -2.39. The lowest BCUT2D eigenvalue weighted by molar-refractivity contribution is -0.183. The van der Waals surface area contributed by atoms with Crippen LogP contribution in [0.3, 0.4) is 0 Å². The largest absolute Gasteiger partial charge is 0.379 e. The van der Waals surface area contributed by atoms with E-state index in [-0.39, 0.29) is 12.2 Å². The molecule has 0 aliphatic carbocycles. The van der Waals surface area contributed by atoms with Gasteiger partial charge in [-0.2, -0.15) is 0 Å². The third-order valence-corrected chi connectivity index (χ3v) is 3.30. The van der Waals surface area contributed by atoms with Gasteiger partial charge in [0.2, 0.25) is 0 Å². The Morgan fingerprint density at radius 3 is 3.07 bits per heavy atom. The molecule has 2 fully saturated rings. The minimum absolute atomic E-state index is 0.181. The quantitative estimate of drug-likeness (QED) is 0.619. The van der Waals surface area contributed by atoms with Gasteiger partial charge < -0.3 is 14.2 Å². The smallest absolute Gasteiger partial charge is 0.147 e. The van der Waals surface area contributed by atoms with E-state index in [4.69, 9.17) is 14.2 Å². The van der Waals surface area contributed by atoms with E-state index in [1.807, 2.05) is 0 Å². The van der Waals surface area contributed by atoms with Crippen LogP contribution in [0.15, 0.2) is 0 Å². The summed E-state index contributed by atoms with van der Waals surface area (Å²) in [5.41, 5.74) is 0. The van der Waals surface area contributed by atoms with Crippen LogP contribution >= 0.6 is 0 Å². The van der Waals surface area contributed by atoms with Crippen LogP contribution in [0.5, 0.6) is 0 Å². The van der Waals surface area contributed by atoms with E-state index in [9.17, 15) is 0 Å². The molecule has 0 saturated carbocycles. The van der Waals surface area contributed by atoms with Crippen LogP contribution in [0.2, 0.25) is 0 Å². The van der Waals surface area contributed by atoms with Gasteiger partial charge in [0.05, 0.1) is 12.7 Å². The Kier molecular flexibility index (Phi) is 3.47. The number of hydrogen-bond donors (Lipinski definition) is 0. The van der Waals surface area contributed by atoms with E-state index in [0.717, 1.165) is 0 Å². The zero-order chi connectivity index (χ0) is 9.97. The molecule has 2 aliphatic rings. The van der Waals surface area contributed by atoms with Crippen molar-refractivity contribution in [1.29, 1.82) is 0 Å². The first-order valence-electron chi connectivity index (χ1n) is 5.67. The summed E-state index contributed by atoms with van der Waals surface area (Å²) in [6.07, 6.45) is 4.20. The molecular weight excluding hydrogens is 179 g/mol. The molecule has 0 N–H and O–H groups in total. The van der Waals surface area contributed by atoms with Gasteiger partial charge in [0.25, 0.3) is 0 Å². The maximum absolute atomic E-state index is 5.82. The Bertz CT molecular complexity index is 188. The molecule has 2 unspecified atom stereocenters. The first kappa shape index (κ1) is 10.5. The summed E-state index contributed by atoms with van der Waals surface area (Å²) in [5, 5.41) is 0. The molecule has 0 aromatic carbocycles. The predicted octanol–water partition coefficient (Wildman–Crippen LogP) is 0.524. The summed E-state index contributed by atoms with van der Waals surface area (Å²) in [6.45, 7) is 3.38. The SMILES string of the molecule is BC1OC2COCO[C@H]2[C@H]1CCCC. The van der Waals surface area contributed by atoms with Crippen LogP contribution in [0.4, 0.5) is 0 Å². The van der Waals surface area contributed by atoms with E-state index in [2.05, 4.69) is 14.8 Å². The molecule has 0 bridgehead atoms. The molecule has 3 nitrogen and oxygen atoms in total. The maximum Gasteiger partial charge on any atom is 0.147 e. The molecule has 0 aromatic rings. The number of fused-ring (bicyclic) bond motifs is 1. The van der Waals surface area contributed by atoms with Gasteiger partial charge in [-0.1, -0.05) is 19.8 Å². The van der Waals surface area contributed by atoms with Crippen molar-refractivity contribution in [2.24, 2.45) is 5.92 Å². The first-order chi connectivity index (χ1) is 6.83. The highest BCUT2D eigenvalue weighted by Gasteiger charge is 2.44. The van der Waals surface area contributed by atoms with Crippen LogP contribution in [0.25, 0.3) is 0 Å². The van der Waals surface area contributed by atoms with Crippen molar-refractivity contribution in [3.63, 3.8) is 0 Å². The topological polar surface area (TPSA) is 27.7 Å². The molecule has 0 aromatic heterocycles. The minimum Gasteiger partial charge on any atom is -0.379 e. The standard InChI is InChI=1S/C10H19BO3/c1-2-3-4-7-9-8(14-10(7)11)5-12-6-13-9/h7-10H,2-6,11H2,1H3/t7-,8?,9+,10?/m1/s1. The molecular formula is C10H19BO3. The maximum atomic E-state index is 5.82. The van der Waals surface area contributed by atoms with E-state index in [0.29, 0.717) is 25.3 Å². The van der Waals surface area contributed by atoms with Crippen LogP contribution in [0.1, 0.15) is 26.2 Å². The highest BCUT2D eigenvalue weighted by molar-refractivity contribution is 6.11. The highest BCUT2D eigenvalue weighted by Crippen LogP contribution is 2.33. The summed E-state index contributed by atoms with van der Waals surface area (Å²) < 4.78 is 16.7. The molecule has 2 saturated heterocycles. The van der Waals surface area contributed by atoms with Crippen molar-refractivity contribution >= 4 is 7.85 Å². The van der Waals surface area contributed by atoms with Crippen molar-refractivity contribution in [3.8, 4) is 0 Å². The highest BCUT2D eigenvalue weighted by atomic mass is 16.7. The van der Waals surface area contributed by atoms with Crippen molar-refractivity contribution in [2.75, 3.05) is 13.4 Å². The average molecular weight is 198 g/mol. The molecule has 4 heteroatoms. The fraction of sp³-hybridized carbons (Fsp3) is 1.00. The number of unbranched alkanes of at least 4 members (excludes halogenated alkanes) is 1. The van der Waals surface area contributed by atoms with Gasteiger partial charge in [-0.3, -0.25) is 0 Å². The molecule has 2 aliphatic heterocycles. The molecule has 14 heavy (non-hydrogen) atoms. The molecule has 0 radical (unpaired) electrons. The third kappa shape index (κ3) is 1.97. The lowest BCUT2D eigenvalue weighted by atomic mass is 9.81. The zero-order valence-electron chi connectivity index (χ0n) is 9.07. The Morgan fingerprint density at radius 2 is 2.29 bits per heavy atom. The van der Waals surface area contributed by atoms with Crippen molar-refractivity contribution < 1.29 is 14.2 Å². The molecule has 2 rings (SSSR count). The Morgan fingerprint density at radius 1 is 1.43 bits per heavy atom. The number of rotatable bonds is 3. The summed E-state index contributed by atoms with van der Waals surface area (Å²) in [4.78, 5) is 0. The first-order valence-corrected chi connectivity index (χ1v) is 5.67. The van der Waals surface area contributed by atoms with E-state index in [1.54, 1.807) is 0 Å². The second-order valence-electron chi connectivity index (χ2n) is 4.31. The normalized spacial score (nSPS) is 42.4. The molecule has 0 amide bonds. The van der Waals surface area contributed by atoms with Crippen LogP contribution in [-0.4, -0.2) is 39.5 Å². The summed E-state index contributed by atoms with van der Waals surface area (Å²) in [7, 11) is 2.15.